The second kappa shape index (κ2) is 6.11. The van der Waals surface area contributed by atoms with Crippen LogP contribution in [0.1, 0.15) is 32.8 Å². The number of hydrogen-bond acceptors (Lipinski definition) is 5. The number of nitrogens with zero attached hydrogens (tertiary/aromatic N) is 1. The first-order valence-corrected chi connectivity index (χ1v) is 8.04. The Bertz CT molecular complexity index is 750. The van der Waals surface area contributed by atoms with Gasteiger partial charge in [0.15, 0.2) is 5.75 Å². The molecule has 0 aliphatic carbocycles. The number of rotatable bonds is 3. The lowest BCUT2D eigenvalue weighted by Crippen LogP contribution is -2.43. The Morgan fingerprint density at radius 2 is 2.17 bits per heavy atom. The van der Waals surface area contributed by atoms with E-state index < -0.39 is 12.3 Å². The van der Waals surface area contributed by atoms with Gasteiger partial charge in [-0.2, -0.15) is 4.99 Å². The molecule has 6 nitrogen and oxygen atoms in total. The van der Waals surface area contributed by atoms with Crippen molar-refractivity contribution in [1.82, 2.24) is 5.32 Å². The maximum atomic E-state index is 11.9. The highest BCUT2D eigenvalue weighted by Gasteiger charge is 2.31. The maximum absolute atomic E-state index is 11.9. The molecule has 0 radical (unpaired) electrons. The highest BCUT2D eigenvalue weighted by molar-refractivity contribution is 6.35. The molecule has 3 rings (SSSR count). The number of halogens is 1. The van der Waals surface area contributed by atoms with E-state index in [1.165, 1.54) is 0 Å². The van der Waals surface area contributed by atoms with Crippen LogP contribution in [0.4, 0.5) is 0 Å². The molecule has 0 fully saturated rings. The fourth-order valence-electron chi connectivity index (χ4n) is 2.31. The van der Waals surface area contributed by atoms with Crippen molar-refractivity contribution in [1.29, 1.82) is 0 Å². The van der Waals surface area contributed by atoms with Gasteiger partial charge in [0, 0.05) is 5.56 Å². The van der Waals surface area contributed by atoms with Gasteiger partial charge in [0.1, 0.15) is 16.3 Å². The second-order valence-electron chi connectivity index (χ2n) is 6.90. The van der Waals surface area contributed by atoms with Crippen molar-refractivity contribution in [2.45, 2.75) is 33.5 Å². The molecule has 7 heteroatoms. The van der Waals surface area contributed by atoms with Gasteiger partial charge in [0.25, 0.3) is 5.91 Å². The molecule has 1 aromatic carbocycles. The van der Waals surface area contributed by atoms with Gasteiger partial charge in [-0.25, -0.2) is 0 Å². The Labute approximate surface area is 145 Å². The van der Waals surface area contributed by atoms with E-state index >= 15 is 0 Å². The van der Waals surface area contributed by atoms with Crippen LogP contribution in [0.5, 0.6) is 11.5 Å². The third kappa shape index (κ3) is 3.39. The van der Waals surface area contributed by atoms with Gasteiger partial charge in [0.05, 0.1) is 6.61 Å². The van der Waals surface area contributed by atoms with Crippen LogP contribution < -0.4 is 14.8 Å². The van der Waals surface area contributed by atoms with E-state index in [1.54, 1.807) is 18.2 Å². The van der Waals surface area contributed by atoms with Crippen molar-refractivity contribution in [2.75, 3.05) is 6.61 Å². The number of aliphatic hydroxyl groups is 1. The molecule has 0 bridgehead atoms. The third-order valence-corrected chi connectivity index (χ3v) is 4.03. The number of fused-ring (bicyclic) bond motifs is 2. The molecule has 0 saturated heterocycles. The van der Waals surface area contributed by atoms with Crippen molar-refractivity contribution in [3.05, 3.63) is 28.3 Å². The lowest BCUT2D eigenvalue weighted by Gasteiger charge is -2.25. The number of amides is 1. The fourth-order valence-corrected chi connectivity index (χ4v) is 2.58. The maximum Gasteiger partial charge on any atom is 0.260 e. The smallest absolute Gasteiger partial charge is 0.260 e. The minimum absolute atomic E-state index is 0.0486. The van der Waals surface area contributed by atoms with Gasteiger partial charge in [0.2, 0.25) is 12.2 Å². The lowest BCUT2D eigenvalue weighted by molar-refractivity contribution is -0.120. The first-order valence-electron chi connectivity index (χ1n) is 7.66. The van der Waals surface area contributed by atoms with Crippen molar-refractivity contribution < 1.29 is 19.4 Å². The summed E-state index contributed by atoms with van der Waals surface area (Å²) in [7, 11) is 0. The number of aliphatic hydroxyl groups excluding tert-OH is 1. The summed E-state index contributed by atoms with van der Waals surface area (Å²) in [6, 6.07) is 3.53. The number of hydrogen-bond donors (Lipinski definition) is 2. The summed E-state index contributed by atoms with van der Waals surface area (Å²) in [6.45, 7) is 6.94. The van der Waals surface area contributed by atoms with Crippen LogP contribution in [0.2, 0.25) is 5.02 Å². The number of nitrogens with one attached hydrogen (secondary N) is 1. The highest BCUT2D eigenvalue weighted by atomic mass is 35.5. The molecule has 2 aliphatic heterocycles. The van der Waals surface area contributed by atoms with Crippen LogP contribution in [-0.2, 0) is 4.79 Å². The van der Waals surface area contributed by atoms with E-state index in [2.05, 4.69) is 31.1 Å². The zero-order valence-electron chi connectivity index (χ0n) is 13.7. The van der Waals surface area contributed by atoms with E-state index in [1.807, 2.05) is 0 Å². The van der Waals surface area contributed by atoms with E-state index in [9.17, 15) is 9.90 Å². The molecule has 24 heavy (non-hydrogen) atoms. The number of carbonyl (C=O) groups excluding carboxylic acids is 1. The Morgan fingerprint density at radius 3 is 2.88 bits per heavy atom. The number of carbonyl (C=O) groups is 1. The Morgan fingerprint density at radius 1 is 1.42 bits per heavy atom. The first kappa shape index (κ1) is 16.8. The molecule has 2 aliphatic rings. The van der Waals surface area contributed by atoms with Crippen LogP contribution in [0.25, 0.3) is 6.08 Å². The predicted octanol–water partition coefficient (Wildman–Crippen LogP) is 2.74. The standard InChI is InChI=1S/C17H19ClN2O4/c1-17(2,3)6-7-23-11-5-4-9-8-10-14(21)19-16(22)20-15(10)24-13(9)12(11)18/h4-5,8,16,22H,6-7H2,1-3H3,(H,19,21). The van der Waals surface area contributed by atoms with Gasteiger partial charge in [-0.15, -0.1) is 0 Å². The summed E-state index contributed by atoms with van der Waals surface area (Å²) >= 11 is 6.38. The predicted molar refractivity (Wildman–Crippen MR) is 91.2 cm³/mol. The topological polar surface area (TPSA) is 80.2 Å². The van der Waals surface area contributed by atoms with Crippen LogP contribution in [-0.4, -0.2) is 29.9 Å². The SMILES string of the molecule is CC(C)(C)CCOc1ccc2c(c1Cl)OC1=NC(O)NC(=O)C1=C2. The molecule has 0 aromatic heterocycles. The average Bonchev–Trinajstić information content (AvgIpc) is 2.47. The van der Waals surface area contributed by atoms with Gasteiger partial charge in [-0.05, 0) is 30.0 Å². The molecular formula is C17H19ClN2O4. The van der Waals surface area contributed by atoms with Crippen LogP contribution in [0.15, 0.2) is 22.7 Å². The van der Waals surface area contributed by atoms with Crippen LogP contribution in [0.3, 0.4) is 0 Å². The lowest BCUT2D eigenvalue weighted by atomic mass is 9.93. The van der Waals surface area contributed by atoms with Crippen molar-refractivity contribution in [3.63, 3.8) is 0 Å². The molecule has 1 unspecified atom stereocenters. The third-order valence-electron chi connectivity index (χ3n) is 3.68. The Kier molecular flexibility index (Phi) is 4.27. The molecule has 0 spiro atoms. The minimum atomic E-state index is -1.32. The minimum Gasteiger partial charge on any atom is -0.492 e. The van der Waals surface area contributed by atoms with E-state index in [0.29, 0.717) is 28.7 Å². The summed E-state index contributed by atoms with van der Waals surface area (Å²) < 4.78 is 11.4. The average molecular weight is 351 g/mol. The second-order valence-corrected chi connectivity index (χ2v) is 7.27. The molecule has 1 amide bonds. The number of ether oxygens (including phenoxy) is 2. The summed E-state index contributed by atoms with van der Waals surface area (Å²) in [5, 5.41) is 12.1. The van der Waals surface area contributed by atoms with E-state index in [4.69, 9.17) is 21.1 Å². The zero-order valence-corrected chi connectivity index (χ0v) is 14.5. The van der Waals surface area contributed by atoms with E-state index in [-0.39, 0.29) is 16.9 Å². The zero-order chi connectivity index (χ0) is 17.5. The van der Waals surface area contributed by atoms with Gasteiger partial charge in [-0.3, -0.25) is 4.79 Å². The molecule has 128 valence electrons. The van der Waals surface area contributed by atoms with Crippen LogP contribution in [0, 0.1) is 5.41 Å². The molecule has 2 N–H and O–H groups in total. The van der Waals surface area contributed by atoms with Crippen molar-refractivity contribution >= 4 is 29.5 Å². The van der Waals surface area contributed by atoms with Gasteiger partial charge in [-0.1, -0.05) is 32.4 Å². The van der Waals surface area contributed by atoms with Crippen LogP contribution >= 0.6 is 11.6 Å². The summed E-state index contributed by atoms with van der Waals surface area (Å²) in [5.74, 6) is 0.486. The number of benzene rings is 1. The monoisotopic (exact) mass is 350 g/mol. The summed E-state index contributed by atoms with van der Waals surface area (Å²) in [5.41, 5.74) is 1.07. The first-order chi connectivity index (χ1) is 11.2. The largest absolute Gasteiger partial charge is 0.492 e. The molecular weight excluding hydrogens is 332 g/mol. The quantitative estimate of drug-likeness (QED) is 0.878. The van der Waals surface area contributed by atoms with Crippen molar-refractivity contribution in [3.8, 4) is 11.5 Å². The molecule has 0 saturated carbocycles. The summed E-state index contributed by atoms with van der Waals surface area (Å²) in [4.78, 5) is 15.7. The number of aliphatic imine (C=N–C) groups is 1. The molecule has 2 heterocycles. The normalized spacial score (nSPS) is 19.4. The summed E-state index contributed by atoms with van der Waals surface area (Å²) in [6.07, 6.45) is 1.19. The van der Waals surface area contributed by atoms with Gasteiger partial charge >= 0.3 is 0 Å². The van der Waals surface area contributed by atoms with Gasteiger partial charge < -0.3 is 19.9 Å². The Hall–Kier alpha value is -2.05. The highest BCUT2D eigenvalue weighted by Crippen LogP contribution is 2.41. The molecule has 1 aromatic rings. The Balaban J connectivity index is 1.87. The fraction of sp³-hybridized carbons (Fsp3) is 0.412. The van der Waals surface area contributed by atoms with E-state index in [0.717, 1.165) is 6.42 Å². The molecule has 1 atom stereocenters. The van der Waals surface area contributed by atoms with Crippen molar-refractivity contribution in [2.24, 2.45) is 10.4 Å².